The van der Waals surface area contributed by atoms with Gasteiger partial charge in [0.1, 0.15) is 6.10 Å². The molecular weight excluding hydrogens is 456 g/mol. The number of carbonyl (C=O) groups excluding carboxylic acids is 1. The molecule has 36 heavy (non-hydrogen) atoms. The number of aromatic nitrogens is 2. The van der Waals surface area contributed by atoms with Crippen molar-refractivity contribution < 1.29 is 19.0 Å². The van der Waals surface area contributed by atoms with Gasteiger partial charge in [-0.1, -0.05) is 6.07 Å². The summed E-state index contributed by atoms with van der Waals surface area (Å²) in [5, 5.41) is 3.71. The van der Waals surface area contributed by atoms with Crippen molar-refractivity contribution in [1.29, 1.82) is 0 Å². The lowest BCUT2D eigenvalue weighted by atomic mass is 10.1. The van der Waals surface area contributed by atoms with E-state index in [1.807, 2.05) is 37.3 Å². The van der Waals surface area contributed by atoms with Crippen LogP contribution in [0.4, 0.5) is 0 Å². The number of carbonyl (C=O) groups is 1. The van der Waals surface area contributed by atoms with E-state index >= 15 is 0 Å². The second-order valence-corrected chi connectivity index (χ2v) is 9.62. The quantitative estimate of drug-likeness (QED) is 0.558. The average molecular weight is 493 g/mol. The van der Waals surface area contributed by atoms with Crippen LogP contribution in [0.2, 0.25) is 0 Å². The van der Waals surface area contributed by atoms with Gasteiger partial charge < -0.3 is 24.4 Å². The van der Waals surface area contributed by atoms with Gasteiger partial charge in [-0.05, 0) is 76.2 Å². The first kappa shape index (κ1) is 25.7. The fraction of sp³-hybridized carbons (Fsp3) is 0.464. The number of nitrogens with one attached hydrogen (secondary N) is 1. The molecule has 8 heteroatoms. The summed E-state index contributed by atoms with van der Waals surface area (Å²) in [6.45, 7) is 7.32. The standard InChI is InChI=1S/C14H15N3O2.C14H21NO2/c1-9-5-12-11(3-2-4-15-12)14(17-9)19-8-10-6-13(18)16-7-10;1-11-6-7-13(14(9-11)16-3)17-12-5-4-8-15(2)10-12/h2-5,10H,6-8H2,1H3,(H,16,18);6-7,9,12H,4-5,8,10H2,1-3H3/t10-;/m1./s1. The molecule has 0 bridgehead atoms. The summed E-state index contributed by atoms with van der Waals surface area (Å²) in [6, 6.07) is 11.8. The summed E-state index contributed by atoms with van der Waals surface area (Å²) < 4.78 is 17.2. The Labute approximate surface area is 213 Å². The molecule has 0 spiro atoms. The number of amides is 1. The number of hydrogen-bond donors (Lipinski definition) is 1. The summed E-state index contributed by atoms with van der Waals surface area (Å²) >= 11 is 0. The van der Waals surface area contributed by atoms with E-state index in [0.717, 1.165) is 41.1 Å². The van der Waals surface area contributed by atoms with Crippen LogP contribution in [0.25, 0.3) is 10.9 Å². The Kier molecular flexibility index (Phi) is 8.59. The molecule has 1 amide bonds. The Hall–Kier alpha value is -3.39. The highest BCUT2D eigenvalue weighted by Gasteiger charge is 2.22. The molecule has 0 radical (unpaired) electrons. The maximum Gasteiger partial charge on any atom is 0.223 e. The highest BCUT2D eigenvalue weighted by Crippen LogP contribution is 2.30. The molecule has 5 rings (SSSR count). The van der Waals surface area contributed by atoms with Crippen LogP contribution in [0.1, 0.15) is 30.5 Å². The van der Waals surface area contributed by atoms with Gasteiger partial charge in [0, 0.05) is 37.3 Å². The lowest BCUT2D eigenvalue weighted by molar-refractivity contribution is -0.119. The van der Waals surface area contributed by atoms with Crippen molar-refractivity contribution in [3.8, 4) is 17.4 Å². The zero-order chi connectivity index (χ0) is 25.5. The normalized spacial score (nSPS) is 19.8. The molecule has 3 aromatic rings. The number of hydrogen-bond acceptors (Lipinski definition) is 7. The summed E-state index contributed by atoms with van der Waals surface area (Å²) in [4.78, 5) is 22.2. The molecule has 2 atom stereocenters. The third kappa shape index (κ3) is 6.85. The Morgan fingerprint density at radius 2 is 2.03 bits per heavy atom. The second-order valence-electron chi connectivity index (χ2n) is 9.62. The summed E-state index contributed by atoms with van der Waals surface area (Å²) in [5.41, 5.74) is 2.95. The van der Waals surface area contributed by atoms with Crippen LogP contribution in [0.15, 0.2) is 42.6 Å². The van der Waals surface area contributed by atoms with E-state index in [2.05, 4.69) is 40.2 Å². The minimum atomic E-state index is 0.0947. The lowest BCUT2D eigenvalue weighted by Crippen LogP contribution is -2.38. The summed E-state index contributed by atoms with van der Waals surface area (Å²) in [7, 11) is 3.83. The van der Waals surface area contributed by atoms with Crippen molar-refractivity contribution in [3.05, 3.63) is 53.9 Å². The van der Waals surface area contributed by atoms with E-state index in [-0.39, 0.29) is 17.9 Å². The van der Waals surface area contributed by atoms with Gasteiger partial charge in [-0.3, -0.25) is 9.78 Å². The van der Waals surface area contributed by atoms with E-state index in [4.69, 9.17) is 14.2 Å². The number of benzene rings is 1. The van der Waals surface area contributed by atoms with Gasteiger partial charge in [0.2, 0.25) is 11.8 Å². The zero-order valence-electron chi connectivity index (χ0n) is 21.6. The smallest absolute Gasteiger partial charge is 0.223 e. The van der Waals surface area contributed by atoms with Crippen LogP contribution in [0.5, 0.6) is 17.4 Å². The maximum atomic E-state index is 11.1. The molecule has 2 aliphatic rings. The van der Waals surface area contributed by atoms with Crippen molar-refractivity contribution in [2.75, 3.05) is 40.4 Å². The first-order valence-corrected chi connectivity index (χ1v) is 12.5. The van der Waals surface area contributed by atoms with Crippen LogP contribution < -0.4 is 19.5 Å². The third-order valence-electron chi connectivity index (χ3n) is 6.40. The molecule has 2 fully saturated rings. The van der Waals surface area contributed by atoms with Gasteiger partial charge in [-0.2, -0.15) is 0 Å². The Morgan fingerprint density at radius 3 is 2.78 bits per heavy atom. The van der Waals surface area contributed by atoms with Crippen LogP contribution in [0.3, 0.4) is 0 Å². The SMILES string of the molecule is COc1cc(C)ccc1OC1CCCN(C)C1.Cc1cc2ncccc2c(OC[C@H]2CNC(=O)C2)n1. The van der Waals surface area contributed by atoms with Gasteiger partial charge in [0.15, 0.2) is 11.5 Å². The Balaban J connectivity index is 0.000000170. The van der Waals surface area contributed by atoms with Gasteiger partial charge in [-0.25, -0.2) is 4.98 Å². The van der Waals surface area contributed by atoms with Gasteiger partial charge in [0.25, 0.3) is 0 Å². The number of ether oxygens (including phenoxy) is 3. The first-order chi connectivity index (χ1) is 17.4. The molecule has 8 nitrogen and oxygen atoms in total. The summed E-state index contributed by atoms with van der Waals surface area (Å²) in [6.07, 6.45) is 4.90. The molecule has 1 unspecified atom stereocenters. The zero-order valence-corrected chi connectivity index (χ0v) is 21.6. The molecule has 2 aliphatic heterocycles. The molecule has 192 valence electrons. The van der Waals surface area contributed by atoms with Crippen molar-refractivity contribution in [2.45, 2.75) is 39.2 Å². The minimum absolute atomic E-state index is 0.0947. The molecule has 0 aliphatic carbocycles. The number of piperidine rings is 1. The predicted octanol–water partition coefficient (Wildman–Crippen LogP) is 3.93. The maximum absolute atomic E-state index is 11.1. The summed E-state index contributed by atoms with van der Waals surface area (Å²) in [5.74, 6) is 2.61. The number of pyridine rings is 2. The number of nitrogens with zero attached hydrogens (tertiary/aromatic N) is 3. The highest BCUT2D eigenvalue weighted by molar-refractivity contribution is 5.83. The fourth-order valence-corrected chi connectivity index (χ4v) is 4.52. The Bertz CT molecular complexity index is 1190. The number of fused-ring (bicyclic) bond motifs is 1. The molecule has 1 N–H and O–H groups in total. The van der Waals surface area contributed by atoms with Crippen LogP contribution in [-0.2, 0) is 4.79 Å². The van der Waals surface area contributed by atoms with Gasteiger partial charge >= 0.3 is 0 Å². The predicted molar refractivity (Wildman–Crippen MR) is 140 cm³/mol. The fourth-order valence-electron chi connectivity index (χ4n) is 4.52. The monoisotopic (exact) mass is 492 g/mol. The van der Waals surface area contributed by atoms with Crippen LogP contribution >= 0.6 is 0 Å². The molecular formula is C28H36N4O4. The topological polar surface area (TPSA) is 85.8 Å². The number of methoxy groups -OCH3 is 1. The lowest BCUT2D eigenvalue weighted by Gasteiger charge is -2.30. The average Bonchev–Trinajstić information content (AvgIpc) is 3.29. The Morgan fingerprint density at radius 1 is 1.17 bits per heavy atom. The molecule has 1 aromatic carbocycles. The number of likely N-dealkylation sites (tertiary alicyclic amines) is 1. The van der Waals surface area contributed by atoms with Crippen molar-refractivity contribution in [1.82, 2.24) is 20.2 Å². The molecule has 0 saturated carbocycles. The highest BCUT2D eigenvalue weighted by atomic mass is 16.5. The number of rotatable bonds is 6. The number of likely N-dealkylation sites (N-methyl/N-ethyl adjacent to an activating group) is 1. The van der Waals surface area contributed by atoms with E-state index in [9.17, 15) is 4.79 Å². The minimum Gasteiger partial charge on any atom is -0.493 e. The van der Waals surface area contributed by atoms with Crippen LogP contribution in [0, 0.1) is 19.8 Å². The number of aryl methyl sites for hydroxylation is 2. The largest absolute Gasteiger partial charge is 0.493 e. The molecule has 4 heterocycles. The van der Waals surface area contributed by atoms with E-state index in [1.165, 1.54) is 18.5 Å². The third-order valence-corrected chi connectivity index (χ3v) is 6.40. The van der Waals surface area contributed by atoms with Crippen molar-refractivity contribution >= 4 is 16.8 Å². The van der Waals surface area contributed by atoms with Crippen molar-refractivity contribution in [2.24, 2.45) is 5.92 Å². The second kappa shape index (κ2) is 12.0. The molecule has 2 aromatic heterocycles. The van der Waals surface area contributed by atoms with E-state index in [1.54, 1.807) is 13.3 Å². The van der Waals surface area contributed by atoms with E-state index < -0.39 is 0 Å². The first-order valence-electron chi connectivity index (χ1n) is 12.5. The van der Waals surface area contributed by atoms with E-state index in [0.29, 0.717) is 25.5 Å². The van der Waals surface area contributed by atoms with Gasteiger partial charge in [-0.15, -0.1) is 0 Å². The van der Waals surface area contributed by atoms with Crippen LogP contribution in [-0.4, -0.2) is 67.3 Å². The molecule has 2 saturated heterocycles. The van der Waals surface area contributed by atoms with Gasteiger partial charge in [0.05, 0.1) is 24.6 Å². The van der Waals surface area contributed by atoms with Crippen molar-refractivity contribution in [3.63, 3.8) is 0 Å².